The second-order valence-electron chi connectivity index (χ2n) is 4.61. The fraction of sp³-hybridized carbons (Fsp3) is 0.250. The van der Waals surface area contributed by atoms with Crippen LogP contribution in [0.3, 0.4) is 0 Å². The Labute approximate surface area is 127 Å². The normalized spacial score (nSPS) is 12.2. The predicted octanol–water partition coefficient (Wildman–Crippen LogP) is 4.45. The third-order valence-corrected chi connectivity index (χ3v) is 3.76. The Morgan fingerprint density at radius 2 is 1.90 bits per heavy atom. The first-order valence-electron chi connectivity index (χ1n) is 6.41. The molecule has 0 bridgehead atoms. The summed E-state index contributed by atoms with van der Waals surface area (Å²) in [6.07, 6.45) is 0. The van der Waals surface area contributed by atoms with Crippen LogP contribution in [0, 0.1) is 5.82 Å². The molecule has 0 saturated carbocycles. The first-order valence-corrected chi connectivity index (χ1v) is 7.20. The van der Waals surface area contributed by atoms with E-state index in [1.54, 1.807) is 12.1 Å². The summed E-state index contributed by atoms with van der Waals surface area (Å²) in [5, 5.41) is 3.32. The SMILES string of the molecule is COc1ccc(CN[C@@H](C)c2ccc(Br)cc2)c(F)c1. The average molecular weight is 338 g/mol. The van der Waals surface area contributed by atoms with E-state index in [0.29, 0.717) is 17.9 Å². The van der Waals surface area contributed by atoms with E-state index < -0.39 is 0 Å². The zero-order valence-corrected chi connectivity index (χ0v) is 13.1. The molecule has 0 aliphatic rings. The topological polar surface area (TPSA) is 21.3 Å². The lowest BCUT2D eigenvalue weighted by atomic mass is 10.1. The molecule has 20 heavy (non-hydrogen) atoms. The lowest BCUT2D eigenvalue weighted by molar-refractivity contribution is 0.410. The minimum absolute atomic E-state index is 0.157. The summed E-state index contributed by atoms with van der Waals surface area (Å²) in [6, 6.07) is 13.2. The fourth-order valence-corrected chi connectivity index (χ4v) is 2.20. The molecule has 0 spiro atoms. The molecule has 0 aromatic heterocycles. The van der Waals surface area contributed by atoms with Crippen LogP contribution in [0.4, 0.5) is 4.39 Å². The Morgan fingerprint density at radius 3 is 2.50 bits per heavy atom. The Morgan fingerprint density at radius 1 is 1.20 bits per heavy atom. The highest BCUT2D eigenvalue weighted by Crippen LogP contribution is 2.19. The quantitative estimate of drug-likeness (QED) is 0.870. The highest BCUT2D eigenvalue weighted by atomic mass is 79.9. The van der Waals surface area contributed by atoms with Gasteiger partial charge in [-0.2, -0.15) is 0 Å². The zero-order chi connectivity index (χ0) is 14.5. The summed E-state index contributed by atoms with van der Waals surface area (Å²) in [5.74, 6) is 0.284. The van der Waals surface area contributed by atoms with E-state index in [9.17, 15) is 4.39 Å². The molecule has 0 amide bonds. The van der Waals surface area contributed by atoms with Crippen LogP contribution in [0.5, 0.6) is 5.75 Å². The smallest absolute Gasteiger partial charge is 0.131 e. The van der Waals surface area contributed by atoms with Gasteiger partial charge in [-0.25, -0.2) is 4.39 Å². The summed E-state index contributed by atoms with van der Waals surface area (Å²) in [4.78, 5) is 0. The van der Waals surface area contributed by atoms with Gasteiger partial charge in [0.15, 0.2) is 0 Å². The largest absolute Gasteiger partial charge is 0.497 e. The summed E-state index contributed by atoms with van der Waals surface area (Å²) in [6.45, 7) is 2.54. The van der Waals surface area contributed by atoms with Gasteiger partial charge in [0, 0.05) is 28.7 Å². The molecule has 1 atom stereocenters. The number of rotatable bonds is 5. The number of methoxy groups -OCH3 is 1. The van der Waals surface area contributed by atoms with Crippen molar-refractivity contribution in [3.05, 3.63) is 63.9 Å². The number of hydrogen-bond donors (Lipinski definition) is 1. The van der Waals surface area contributed by atoms with Crippen molar-refractivity contribution in [1.82, 2.24) is 5.32 Å². The molecule has 0 radical (unpaired) electrons. The zero-order valence-electron chi connectivity index (χ0n) is 11.5. The molecule has 0 heterocycles. The van der Waals surface area contributed by atoms with E-state index >= 15 is 0 Å². The van der Waals surface area contributed by atoms with E-state index in [4.69, 9.17) is 4.74 Å². The van der Waals surface area contributed by atoms with Gasteiger partial charge >= 0.3 is 0 Å². The van der Waals surface area contributed by atoms with Gasteiger partial charge in [-0.15, -0.1) is 0 Å². The van der Waals surface area contributed by atoms with E-state index in [-0.39, 0.29) is 11.9 Å². The van der Waals surface area contributed by atoms with Gasteiger partial charge in [0.05, 0.1) is 7.11 Å². The van der Waals surface area contributed by atoms with Gasteiger partial charge in [-0.3, -0.25) is 0 Å². The van der Waals surface area contributed by atoms with Gasteiger partial charge in [0.25, 0.3) is 0 Å². The Bertz CT molecular complexity index is 571. The maximum atomic E-state index is 13.8. The van der Waals surface area contributed by atoms with E-state index in [0.717, 1.165) is 4.47 Å². The van der Waals surface area contributed by atoms with Crippen LogP contribution in [0.1, 0.15) is 24.1 Å². The monoisotopic (exact) mass is 337 g/mol. The molecule has 106 valence electrons. The third-order valence-electron chi connectivity index (χ3n) is 3.23. The second kappa shape index (κ2) is 6.86. The lowest BCUT2D eigenvalue weighted by Gasteiger charge is -2.15. The average Bonchev–Trinajstić information content (AvgIpc) is 2.46. The maximum Gasteiger partial charge on any atom is 0.131 e. The lowest BCUT2D eigenvalue weighted by Crippen LogP contribution is -2.18. The molecule has 1 N–H and O–H groups in total. The number of halogens is 2. The van der Waals surface area contributed by atoms with Crippen LogP contribution < -0.4 is 10.1 Å². The molecule has 2 nitrogen and oxygen atoms in total. The number of benzene rings is 2. The number of nitrogens with one attached hydrogen (secondary N) is 1. The van der Waals surface area contributed by atoms with E-state index in [1.165, 1.54) is 18.7 Å². The fourth-order valence-electron chi connectivity index (χ4n) is 1.93. The van der Waals surface area contributed by atoms with Gasteiger partial charge in [0.1, 0.15) is 11.6 Å². The second-order valence-corrected chi connectivity index (χ2v) is 5.53. The highest BCUT2D eigenvalue weighted by Gasteiger charge is 2.08. The van der Waals surface area contributed by atoms with Crippen molar-refractivity contribution in [3.8, 4) is 5.75 Å². The molecule has 2 aromatic rings. The number of hydrogen-bond acceptors (Lipinski definition) is 2. The van der Waals surface area contributed by atoms with Crippen LogP contribution >= 0.6 is 15.9 Å². The molecule has 2 aromatic carbocycles. The molecule has 0 unspecified atom stereocenters. The summed E-state index contributed by atoms with van der Waals surface area (Å²) < 4.78 is 19.9. The van der Waals surface area contributed by atoms with Crippen LogP contribution in [0.2, 0.25) is 0 Å². The van der Waals surface area contributed by atoms with Gasteiger partial charge in [-0.1, -0.05) is 34.1 Å². The number of ether oxygens (including phenoxy) is 1. The minimum Gasteiger partial charge on any atom is -0.497 e. The highest BCUT2D eigenvalue weighted by molar-refractivity contribution is 9.10. The Kier molecular flexibility index (Phi) is 5.15. The summed E-state index contributed by atoms with van der Waals surface area (Å²) in [7, 11) is 1.53. The minimum atomic E-state index is -0.250. The van der Waals surface area contributed by atoms with Crippen LogP contribution in [0.15, 0.2) is 46.9 Å². The van der Waals surface area contributed by atoms with Crippen molar-refractivity contribution in [3.63, 3.8) is 0 Å². The first kappa shape index (κ1) is 15.0. The van der Waals surface area contributed by atoms with Crippen molar-refractivity contribution in [2.75, 3.05) is 7.11 Å². The molecule has 0 fully saturated rings. The van der Waals surface area contributed by atoms with Crippen LogP contribution in [-0.2, 0) is 6.54 Å². The van der Waals surface area contributed by atoms with E-state index in [2.05, 4.69) is 28.2 Å². The van der Waals surface area contributed by atoms with Gasteiger partial charge in [0.2, 0.25) is 0 Å². The first-order chi connectivity index (χ1) is 9.60. The predicted molar refractivity (Wildman–Crippen MR) is 82.3 cm³/mol. The standard InChI is InChI=1S/C16H17BrFNO/c1-11(12-3-6-14(17)7-4-12)19-10-13-5-8-15(20-2)9-16(13)18/h3-9,11,19H,10H2,1-2H3/t11-/m0/s1. The van der Waals surface area contributed by atoms with Crippen LogP contribution in [-0.4, -0.2) is 7.11 Å². The molecular formula is C16H17BrFNO. The van der Waals surface area contributed by atoms with Crippen molar-refractivity contribution in [1.29, 1.82) is 0 Å². The van der Waals surface area contributed by atoms with Crippen molar-refractivity contribution < 1.29 is 9.13 Å². The molecule has 0 saturated heterocycles. The Hall–Kier alpha value is -1.39. The summed E-state index contributed by atoms with van der Waals surface area (Å²) >= 11 is 3.41. The van der Waals surface area contributed by atoms with Crippen LogP contribution in [0.25, 0.3) is 0 Å². The van der Waals surface area contributed by atoms with Gasteiger partial charge in [-0.05, 0) is 30.7 Å². The summed E-state index contributed by atoms with van der Waals surface area (Å²) in [5.41, 5.74) is 1.80. The molecule has 4 heteroatoms. The van der Waals surface area contributed by atoms with Crippen molar-refractivity contribution >= 4 is 15.9 Å². The molecular weight excluding hydrogens is 321 g/mol. The van der Waals surface area contributed by atoms with Gasteiger partial charge < -0.3 is 10.1 Å². The van der Waals surface area contributed by atoms with E-state index in [1.807, 2.05) is 24.3 Å². The van der Waals surface area contributed by atoms with Crippen molar-refractivity contribution in [2.24, 2.45) is 0 Å². The van der Waals surface area contributed by atoms with Crippen molar-refractivity contribution in [2.45, 2.75) is 19.5 Å². The molecule has 0 aliphatic carbocycles. The maximum absolute atomic E-state index is 13.8. The Balaban J connectivity index is 1.99. The third kappa shape index (κ3) is 3.81. The molecule has 2 rings (SSSR count). The molecule has 0 aliphatic heterocycles.